The Morgan fingerprint density at radius 1 is 1.23 bits per heavy atom. The number of halogens is 3. The molecular weight excluding hydrogens is 369 g/mol. The smallest absolute Gasteiger partial charge is 0.279 e. The second-order valence-electron chi connectivity index (χ2n) is 5.45. The first kappa shape index (κ1) is 17.9. The van der Waals surface area contributed by atoms with Crippen LogP contribution in [0.4, 0.5) is 18.9 Å². The molecule has 0 amide bonds. The molecular formula is C16H13F3N4O2S. The van der Waals surface area contributed by atoms with E-state index in [-0.39, 0.29) is 5.69 Å². The van der Waals surface area contributed by atoms with Crippen molar-refractivity contribution in [2.75, 3.05) is 4.72 Å². The Bertz CT molecular complexity index is 1090. The third-order valence-electron chi connectivity index (χ3n) is 3.63. The van der Waals surface area contributed by atoms with Gasteiger partial charge in [0.05, 0.1) is 28.8 Å². The molecule has 0 aliphatic heterocycles. The predicted octanol–water partition coefficient (Wildman–Crippen LogP) is 3.63. The Hall–Kier alpha value is -2.88. The molecule has 0 spiro atoms. The zero-order valence-corrected chi connectivity index (χ0v) is 14.3. The van der Waals surface area contributed by atoms with Gasteiger partial charge >= 0.3 is 6.18 Å². The number of alkyl halides is 3. The van der Waals surface area contributed by atoms with Crippen LogP contribution >= 0.6 is 0 Å². The molecule has 0 aliphatic carbocycles. The molecule has 136 valence electrons. The Morgan fingerprint density at radius 2 is 1.88 bits per heavy atom. The number of rotatable bonds is 4. The lowest BCUT2D eigenvalue weighted by molar-refractivity contribution is -0.137. The van der Waals surface area contributed by atoms with Gasteiger partial charge in [0.15, 0.2) is 5.65 Å². The van der Waals surface area contributed by atoms with E-state index < -0.39 is 21.8 Å². The lowest BCUT2D eigenvalue weighted by atomic mass is 10.2. The summed E-state index contributed by atoms with van der Waals surface area (Å²) < 4.78 is 64.9. The van der Waals surface area contributed by atoms with Gasteiger partial charge in [-0.05, 0) is 37.3 Å². The molecule has 1 aromatic carbocycles. The molecule has 3 rings (SSSR count). The minimum absolute atomic E-state index is 0.229. The third-order valence-corrected chi connectivity index (χ3v) is 4.58. The highest BCUT2D eigenvalue weighted by atomic mass is 32.2. The van der Waals surface area contributed by atoms with Gasteiger partial charge in [0.1, 0.15) is 0 Å². The predicted molar refractivity (Wildman–Crippen MR) is 91.3 cm³/mol. The Balaban J connectivity index is 2.04. The number of pyridine rings is 1. The highest BCUT2D eigenvalue weighted by molar-refractivity contribution is 7.95. The van der Waals surface area contributed by atoms with Crippen LogP contribution in [0.15, 0.2) is 48.5 Å². The van der Waals surface area contributed by atoms with Gasteiger partial charge in [-0.15, -0.1) is 0 Å². The summed E-state index contributed by atoms with van der Waals surface area (Å²) in [6, 6.07) is 6.07. The maximum atomic E-state index is 12.7. The molecule has 6 nitrogen and oxygen atoms in total. The lowest BCUT2D eigenvalue weighted by Crippen LogP contribution is -2.08. The third kappa shape index (κ3) is 3.40. The second-order valence-corrected chi connectivity index (χ2v) is 7.08. The van der Waals surface area contributed by atoms with Gasteiger partial charge in [-0.3, -0.25) is 4.72 Å². The average Bonchev–Trinajstić information content (AvgIpc) is 2.90. The molecule has 0 saturated carbocycles. The zero-order chi connectivity index (χ0) is 19.1. The van der Waals surface area contributed by atoms with Gasteiger partial charge in [0.2, 0.25) is 0 Å². The normalized spacial score (nSPS) is 12.3. The molecule has 0 aliphatic rings. The van der Waals surface area contributed by atoms with E-state index in [2.05, 4.69) is 21.4 Å². The summed E-state index contributed by atoms with van der Waals surface area (Å²) in [6.07, 6.45) is -3.12. The van der Waals surface area contributed by atoms with Crippen LogP contribution < -0.4 is 4.72 Å². The molecule has 0 fully saturated rings. The van der Waals surface area contributed by atoms with Crippen LogP contribution in [-0.2, 0) is 16.2 Å². The number of nitrogens with zero attached hydrogens (tertiary/aromatic N) is 3. The minimum atomic E-state index is -4.42. The summed E-state index contributed by atoms with van der Waals surface area (Å²) in [6.45, 7) is 4.90. The quantitative estimate of drug-likeness (QED) is 0.748. The molecule has 3 aromatic rings. The SMILES string of the molecule is C=CS(=O)(=O)Nc1cnc2c(c1)c(C)nn2-c1ccc(C(F)(F)F)cc1. The van der Waals surface area contributed by atoms with Gasteiger partial charge in [-0.1, -0.05) is 6.58 Å². The van der Waals surface area contributed by atoms with Crippen molar-refractivity contribution >= 4 is 26.7 Å². The first-order valence-electron chi connectivity index (χ1n) is 7.29. The van der Waals surface area contributed by atoms with Gasteiger partial charge in [-0.25, -0.2) is 18.1 Å². The minimum Gasteiger partial charge on any atom is -0.279 e. The summed E-state index contributed by atoms with van der Waals surface area (Å²) in [4.78, 5) is 4.18. The Morgan fingerprint density at radius 3 is 2.46 bits per heavy atom. The van der Waals surface area contributed by atoms with E-state index in [0.717, 1.165) is 17.5 Å². The fourth-order valence-electron chi connectivity index (χ4n) is 2.38. The Kier molecular flexibility index (Phi) is 4.23. The van der Waals surface area contributed by atoms with E-state index in [0.29, 0.717) is 22.4 Å². The van der Waals surface area contributed by atoms with E-state index in [4.69, 9.17) is 0 Å². The molecule has 10 heteroatoms. The molecule has 0 atom stereocenters. The number of fused-ring (bicyclic) bond motifs is 1. The summed E-state index contributed by atoms with van der Waals surface area (Å²) in [5.41, 5.74) is 0.815. The number of hydrogen-bond acceptors (Lipinski definition) is 4. The molecule has 0 radical (unpaired) electrons. The van der Waals surface area contributed by atoms with E-state index in [9.17, 15) is 21.6 Å². The van der Waals surface area contributed by atoms with E-state index in [1.165, 1.54) is 23.0 Å². The molecule has 0 saturated heterocycles. The average molecular weight is 382 g/mol. The number of benzene rings is 1. The van der Waals surface area contributed by atoms with Crippen molar-refractivity contribution in [3.8, 4) is 5.69 Å². The Labute approximate surface area is 147 Å². The van der Waals surface area contributed by atoms with Crippen LogP contribution in [0.25, 0.3) is 16.7 Å². The van der Waals surface area contributed by atoms with Gasteiger partial charge < -0.3 is 0 Å². The largest absolute Gasteiger partial charge is 0.416 e. The van der Waals surface area contributed by atoms with Crippen molar-refractivity contribution in [3.05, 3.63) is 59.8 Å². The standard InChI is InChI=1S/C16H13F3N4O2S/c1-3-26(24,25)22-12-8-14-10(2)21-23(15(14)20-9-12)13-6-4-11(5-7-13)16(17,18)19/h3-9,22H,1H2,2H3. The van der Waals surface area contributed by atoms with Gasteiger partial charge in [0.25, 0.3) is 10.0 Å². The van der Waals surface area contributed by atoms with Crippen LogP contribution in [-0.4, -0.2) is 23.2 Å². The number of aromatic nitrogens is 3. The number of nitrogens with one attached hydrogen (secondary N) is 1. The van der Waals surface area contributed by atoms with Crippen molar-refractivity contribution in [2.24, 2.45) is 0 Å². The second kappa shape index (κ2) is 6.13. The highest BCUT2D eigenvalue weighted by Gasteiger charge is 2.30. The van der Waals surface area contributed by atoms with Gasteiger partial charge in [-0.2, -0.15) is 18.3 Å². The maximum Gasteiger partial charge on any atom is 0.416 e. The number of sulfonamides is 1. The van der Waals surface area contributed by atoms with Crippen molar-refractivity contribution in [2.45, 2.75) is 13.1 Å². The molecule has 2 heterocycles. The van der Waals surface area contributed by atoms with Crippen molar-refractivity contribution in [3.63, 3.8) is 0 Å². The first-order valence-corrected chi connectivity index (χ1v) is 8.83. The van der Waals surface area contributed by atoms with Crippen LogP contribution in [0.2, 0.25) is 0 Å². The summed E-state index contributed by atoms with van der Waals surface area (Å²) in [7, 11) is -3.68. The number of hydrogen-bond donors (Lipinski definition) is 1. The number of aryl methyl sites for hydroxylation is 1. The fourth-order valence-corrected chi connectivity index (χ4v) is 2.90. The van der Waals surface area contributed by atoms with Crippen LogP contribution in [0.3, 0.4) is 0 Å². The monoisotopic (exact) mass is 382 g/mol. The van der Waals surface area contributed by atoms with Gasteiger partial charge in [0, 0.05) is 10.8 Å². The molecule has 0 bridgehead atoms. The first-order chi connectivity index (χ1) is 12.1. The van der Waals surface area contributed by atoms with E-state index in [1.54, 1.807) is 13.0 Å². The summed E-state index contributed by atoms with van der Waals surface area (Å²) in [5.74, 6) is 0. The maximum absolute atomic E-state index is 12.7. The van der Waals surface area contributed by atoms with Crippen molar-refractivity contribution in [1.82, 2.24) is 14.8 Å². The van der Waals surface area contributed by atoms with Crippen LogP contribution in [0.1, 0.15) is 11.3 Å². The molecule has 2 aromatic heterocycles. The number of anilines is 1. The van der Waals surface area contributed by atoms with Crippen LogP contribution in [0, 0.1) is 6.92 Å². The lowest BCUT2D eigenvalue weighted by Gasteiger charge is -2.08. The van der Waals surface area contributed by atoms with Crippen molar-refractivity contribution in [1.29, 1.82) is 0 Å². The van der Waals surface area contributed by atoms with Crippen LogP contribution in [0.5, 0.6) is 0 Å². The summed E-state index contributed by atoms with van der Waals surface area (Å²) in [5, 5.41) is 5.62. The highest BCUT2D eigenvalue weighted by Crippen LogP contribution is 2.30. The van der Waals surface area contributed by atoms with Crippen molar-refractivity contribution < 1.29 is 21.6 Å². The van der Waals surface area contributed by atoms with E-state index in [1.807, 2.05) is 0 Å². The molecule has 26 heavy (non-hydrogen) atoms. The molecule has 0 unspecified atom stereocenters. The topological polar surface area (TPSA) is 76.9 Å². The van der Waals surface area contributed by atoms with E-state index >= 15 is 0 Å². The zero-order valence-electron chi connectivity index (χ0n) is 13.4. The summed E-state index contributed by atoms with van der Waals surface area (Å²) >= 11 is 0. The molecule has 1 N–H and O–H groups in total. The fraction of sp³-hybridized carbons (Fsp3) is 0.125.